The van der Waals surface area contributed by atoms with Gasteiger partial charge in [0.25, 0.3) is 0 Å². The number of hydrogen-bond donors (Lipinski definition) is 2. The van der Waals surface area contributed by atoms with Crippen LogP contribution in [0.4, 0.5) is 0 Å². The topological polar surface area (TPSA) is 79.3 Å². The van der Waals surface area contributed by atoms with Crippen LogP contribution in [0.5, 0.6) is 0 Å². The third kappa shape index (κ3) is 5.01. The lowest BCUT2D eigenvalue weighted by molar-refractivity contribution is -0.144. The Hall–Kier alpha value is -2.69. The number of aliphatic carboxylic acids is 1. The third-order valence-corrected chi connectivity index (χ3v) is 3.34. The summed E-state index contributed by atoms with van der Waals surface area (Å²) in [5, 5.41) is 12.0. The summed E-state index contributed by atoms with van der Waals surface area (Å²) in [4.78, 5) is 27.2. The first-order chi connectivity index (χ1) is 10.6. The van der Waals surface area contributed by atoms with E-state index < -0.39 is 11.9 Å². The molecule has 1 aromatic carbocycles. The van der Waals surface area contributed by atoms with E-state index in [1.54, 1.807) is 24.5 Å². The fraction of sp³-hybridized carbons (Fsp3) is 0.235. The molecule has 2 aromatic rings. The van der Waals surface area contributed by atoms with Crippen LogP contribution in [0.15, 0.2) is 54.9 Å². The van der Waals surface area contributed by atoms with Gasteiger partial charge < -0.3 is 10.4 Å². The number of nitrogens with zero attached hydrogens (tertiary/aromatic N) is 1. The van der Waals surface area contributed by atoms with Gasteiger partial charge in [0.05, 0.1) is 5.92 Å². The Morgan fingerprint density at radius 2 is 1.73 bits per heavy atom. The molecule has 1 heterocycles. The maximum atomic E-state index is 11.9. The molecular weight excluding hydrogens is 280 g/mol. The molecule has 1 amide bonds. The molecule has 2 N–H and O–H groups in total. The summed E-state index contributed by atoms with van der Waals surface area (Å²) in [7, 11) is 0. The molecule has 0 radical (unpaired) electrons. The van der Waals surface area contributed by atoms with E-state index in [-0.39, 0.29) is 12.3 Å². The van der Waals surface area contributed by atoms with Crippen molar-refractivity contribution >= 4 is 11.9 Å². The van der Waals surface area contributed by atoms with Crippen molar-refractivity contribution in [3.05, 3.63) is 66.0 Å². The van der Waals surface area contributed by atoms with Crippen molar-refractivity contribution in [3.63, 3.8) is 0 Å². The molecule has 0 saturated heterocycles. The fourth-order valence-corrected chi connectivity index (χ4v) is 2.14. The van der Waals surface area contributed by atoms with Gasteiger partial charge in [0.15, 0.2) is 0 Å². The number of hydrogen-bond acceptors (Lipinski definition) is 3. The van der Waals surface area contributed by atoms with E-state index in [0.29, 0.717) is 13.0 Å². The van der Waals surface area contributed by atoms with E-state index in [1.807, 2.05) is 30.3 Å². The van der Waals surface area contributed by atoms with Gasteiger partial charge in [-0.25, -0.2) is 0 Å². The van der Waals surface area contributed by atoms with E-state index in [2.05, 4.69) is 10.3 Å². The number of benzene rings is 1. The van der Waals surface area contributed by atoms with Crippen molar-refractivity contribution in [1.82, 2.24) is 10.3 Å². The number of pyridine rings is 1. The number of amides is 1. The molecule has 1 atom stereocenters. The van der Waals surface area contributed by atoms with Gasteiger partial charge >= 0.3 is 5.97 Å². The molecule has 0 aliphatic heterocycles. The van der Waals surface area contributed by atoms with Gasteiger partial charge in [-0.1, -0.05) is 30.3 Å². The van der Waals surface area contributed by atoms with Crippen molar-refractivity contribution in [2.45, 2.75) is 19.4 Å². The van der Waals surface area contributed by atoms with E-state index >= 15 is 0 Å². The molecule has 2 rings (SSSR count). The largest absolute Gasteiger partial charge is 0.481 e. The maximum absolute atomic E-state index is 11.9. The summed E-state index contributed by atoms with van der Waals surface area (Å²) in [5.74, 6) is -1.94. The summed E-state index contributed by atoms with van der Waals surface area (Å²) in [6.07, 6.45) is 3.61. The Bertz CT molecular complexity index is 614. The Balaban J connectivity index is 1.88. The van der Waals surface area contributed by atoms with Gasteiger partial charge in [-0.05, 0) is 29.7 Å². The molecule has 0 fully saturated rings. The zero-order chi connectivity index (χ0) is 15.8. The molecule has 0 aliphatic rings. The second kappa shape index (κ2) is 7.93. The molecule has 114 valence electrons. The highest BCUT2D eigenvalue weighted by molar-refractivity contribution is 5.82. The number of rotatable bonds is 7. The number of carbonyl (C=O) groups is 2. The predicted molar refractivity (Wildman–Crippen MR) is 82.0 cm³/mol. The zero-order valence-electron chi connectivity index (χ0n) is 12.1. The van der Waals surface area contributed by atoms with Crippen LogP contribution in [0, 0.1) is 5.92 Å². The van der Waals surface area contributed by atoms with Crippen molar-refractivity contribution in [3.8, 4) is 0 Å². The number of carbonyl (C=O) groups excluding carboxylic acids is 1. The van der Waals surface area contributed by atoms with Crippen LogP contribution < -0.4 is 5.32 Å². The molecule has 0 spiro atoms. The number of carboxylic acids is 1. The van der Waals surface area contributed by atoms with Crippen LogP contribution in [0.1, 0.15) is 17.5 Å². The molecule has 22 heavy (non-hydrogen) atoms. The van der Waals surface area contributed by atoms with Crippen LogP contribution in [0.25, 0.3) is 0 Å². The van der Waals surface area contributed by atoms with Crippen LogP contribution in [-0.4, -0.2) is 22.0 Å². The minimum atomic E-state index is -0.956. The molecule has 1 unspecified atom stereocenters. The molecular formula is C17H18N2O3. The SMILES string of the molecule is O=C(CC(Cc1ccccc1)C(=O)O)NCc1ccncc1. The standard InChI is InChI=1S/C17H18N2O3/c20-16(19-12-14-6-8-18-9-7-14)11-15(17(21)22)10-13-4-2-1-3-5-13/h1-9,15H,10-12H2,(H,19,20)(H,21,22). The van der Waals surface area contributed by atoms with Gasteiger partial charge in [-0.2, -0.15) is 0 Å². The second-order valence-electron chi connectivity index (χ2n) is 5.06. The van der Waals surface area contributed by atoms with Gasteiger partial charge in [-0.3, -0.25) is 14.6 Å². The maximum Gasteiger partial charge on any atom is 0.307 e. The van der Waals surface area contributed by atoms with E-state index in [4.69, 9.17) is 0 Å². The summed E-state index contributed by atoms with van der Waals surface area (Å²) in [6.45, 7) is 0.374. The number of aromatic nitrogens is 1. The van der Waals surface area contributed by atoms with Gasteiger partial charge in [0.1, 0.15) is 0 Å². The van der Waals surface area contributed by atoms with Crippen molar-refractivity contribution in [2.24, 2.45) is 5.92 Å². The van der Waals surface area contributed by atoms with Crippen LogP contribution in [0.3, 0.4) is 0 Å². The summed E-state index contributed by atoms with van der Waals surface area (Å²) < 4.78 is 0. The van der Waals surface area contributed by atoms with Crippen LogP contribution in [0.2, 0.25) is 0 Å². The molecule has 5 heteroatoms. The molecule has 0 bridgehead atoms. The highest BCUT2D eigenvalue weighted by Gasteiger charge is 2.21. The van der Waals surface area contributed by atoms with Crippen molar-refractivity contribution < 1.29 is 14.7 Å². The predicted octanol–water partition coefficient (Wildman–Crippen LogP) is 2.03. The molecule has 0 saturated carbocycles. The Labute approximate surface area is 129 Å². The van der Waals surface area contributed by atoms with Gasteiger partial charge in [0, 0.05) is 25.4 Å². The van der Waals surface area contributed by atoms with E-state index in [1.165, 1.54) is 0 Å². The lowest BCUT2D eigenvalue weighted by Crippen LogP contribution is -2.29. The minimum Gasteiger partial charge on any atom is -0.481 e. The second-order valence-corrected chi connectivity index (χ2v) is 5.06. The third-order valence-electron chi connectivity index (χ3n) is 3.34. The molecule has 1 aromatic heterocycles. The summed E-state index contributed by atoms with van der Waals surface area (Å²) in [6, 6.07) is 12.9. The Morgan fingerprint density at radius 1 is 1.05 bits per heavy atom. The number of nitrogens with one attached hydrogen (secondary N) is 1. The zero-order valence-corrected chi connectivity index (χ0v) is 12.1. The molecule has 5 nitrogen and oxygen atoms in total. The van der Waals surface area contributed by atoms with Crippen LogP contribution >= 0.6 is 0 Å². The first-order valence-electron chi connectivity index (χ1n) is 7.07. The lowest BCUT2D eigenvalue weighted by atomic mass is 9.96. The van der Waals surface area contributed by atoms with Gasteiger partial charge in [-0.15, -0.1) is 0 Å². The monoisotopic (exact) mass is 298 g/mol. The quantitative estimate of drug-likeness (QED) is 0.819. The average molecular weight is 298 g/mol. The number of carboxylic acid groups (broad SMARTS) is 1. The molecule has 0 aliphatic carbocycles. The van der Waals surface area contributed by atoms with Crippen molar-refractivity contribution in [2.75, 3.05) is 0 Å². The average Bonchev–Trinajstić information content (AvgIpc) is 2.54. The lowest BCUT2D eigenvalue weighted by Gasteiger charge is -2.12. The summed E-state index contributed by atoms with van der Waals surface area (Å²) >= 11 is 0. The van der Waals surface area contributed by atoms with Crippen LogP contribution in [-0.2, 0) is 22.6 Å². The van der Waals surface area contributed by atoms with Gasteiger partial charge in [0.2, 0.25) is 5.91 Å². The normalized spacial score (nSPS) is 11.6. The van der Waals surface area contributed by atoms with E-state index in [0.717, 1.165) is 11.1 Å². The highest BCUT2D eigenvalue weighted by atomic mass is 16.4. The van der Waals surface area contributed by atoms with E-state index in [9.17, 15) is 14.7 Å². The summed E-state index contributed by atoms with van der Waals surface area (Å²) in [5.41, 5.74) is 1.84. The first kappa shape index (κ1) is 15.7. The minimum absolute atomic E-state index is 0.0324. The van der Waals surface area contributed by atoms with Crippen molar-refractivity contribution in [1.29, 1.82) is 0 Å². The smallest absolute Gasteiger partial charge is 0.307 e. The fourth-order valence-electron chi connectivity index (χ4n) is 2.14. The Morgan fingerprint density at radius 3 is 2.36 bits per heavy atom. The first-order valence-corrected chi connectivity index (χ1v) is 7.07. The Kier molecular flexibility index (Phi) is 5.65. The highest BCUT2D eigenvalue weighted by Crippen LogP contribution is 2.13.